The average Bonchev–Trinajstić information content (AvgIpc) is 2.31. The lowest BCUT2D eigenvalue weighted by Gasteiger charge is -2.24. The van der Waals surface area contributed by atoms with E-state index in [2.05, 4.69) is 4.98 Å². The number of sulfonamides is 1. The van der Waals surface area contributed by atoms with Crippen LogP contribution in [0.15, 0.2) is 29.4 Å². The van der Waals surface area contributed by atoms with Gasteiger partial charge in [-0.3, -0.25) is 9.78 Å². The van der Waals surface area contributed by atoms with Gasteiger partial charge in [-0.1, -0.05) is 0 Å². The predicted octanol–water partition coefficient (Wildman–Crippen LogP) is 0.435. The standard InChI is InChI=1S/C10H12N2O3S/c13-9-3-6-12(7-4-9)16(14,15)10-2-1-5-11-8-10/h1-2,5,8H,3-4,6-7H2. The van der Waals surface area contributed by atoms with Crippen molar-refractivity contribution in [1.29, 1.82) is 0 Å². The SMILES string of the molecule is O=C1CCN(S(=O)(=O)c2cccnc2)CC1. The first-order chi connectivity index (χ1) is 7.60. The number of ketones is 1. The number of Topliss-reactive ketones (excluding diaryl/α,β-unsaturated/α-hetero) is 1. The molecule has 5 nitrogen and oxygen atoms in total. The van der Waals surface area contributed by atoms with Crippen molar-refractivity contribution in [1.82, 2.24) is 9.29 Å². The van der Waals surface area contributed by atoms with E-state index in [1.54, 1.807) is 6.07 Å². The molecule has 2 heterocycles. The van der Waals surface area contributed by atoms with Gasteiger partial charge in [0, 0.05) is 38.3 Å². The normalized spacial score (nSPS) is 18.6. The summed E-state index contributed by atoms with van der Waals surface area (Å²) in [5, 5.41) is 0. The molecular formula is C10H12N2O3S. The topological polar surface area (TPSA) is 67.3 Å². The number of carbonyl (C=O) groups is 1. The van der Waals surface area contributed by atoms with Crippen molar-refractivity contribution < 1.29 is 13.2 Å². The number of rotatable bonds is 2. The van der Waals surface area contributed by atoms with Gasteiger partial charge in [0.2, 0.25) is 10.0 Å². The molecule has 0 atom stereocenters. The molecule has 6 heteroatoms. The Kier molecular flexibility index (Phi) is 3.02. The van der Waals surface area contributed by atoms with E-state index in [1.807, 2.05) is 0 Å². The molecule has 0 aliphatic carbocycles. The third-order valence-electron chi connectivity index (χ3n) is 2.55. The van der Waals surface area contributed by atoms with Crippen molar-refractivity contribution in [2.24, 2.45) is 0 Å². The predicted molar refractivity (Wildman–Crippen MR) is 57.2 cm³/mol. The Morgan fingerprint density at radius 1 is 1.25 bits per heavy atom. The molecule has 1 fully saturated rings. The van der Waals surface area contributed by atoms with Gasteiger partial charge in [-0.25, -0.2) is 8.42 Å². The van der Waals surface area contributed by atoms with Crippen LogP contribution in [0.4, 0.5) is 0 Å². The Hall–Kier alpha value is -1.27. The number of piperidine rings is 1. The third-order valence-corrected chi connectivity index (χ3v) is 4.43. The van der Waals surface area contributed by atoms with Gasteiger partial charge in [0.1, 0.15) is 10.7 Å². The fourth-order valence-corrected chi connectivity index (χ4v) is 3.03. The maximum atomic E-state index is 12.1. The molecule has 1 saturated heterocycles. The van der Waals surface area contributed by atoms with Crippen LogP contribution in [0.5, 0.6) is 0 Å². The zero-order valence-corrected chi connectivity index (χ0v) is 9.48. The monoisotopic (exact) mass is 240 g/mol. The highest BCUT2D eigenvalue weighted by atomic mass is 32.2. The van der Waals surface area contributed by atoms with Gasteiger partial charge in [-0.2, -0.15) is 4.31 Å². The highest BCUT2D eigenvalue weighted by Gasteiger charge is 2.28. The summed E-state index contributed by atoms with van der Waals surface area (Å²) in [5.74, 6) is 0.123. The second kappa shape index (κ2) is 4.31. The van der Waals surface area contributed by atoms with Crippen molar-refractivity contribution in [2.75, 3.05) is 13.1 Å². The summed E-state index contributed by atoms with van der Waals surface area (Å²) in [6.07, 6.45) is 3.46. The summed E-state index contributed by atoms with van der Waals surface area (Å²) in [6, 6.07) is 3.10. The second-order valence-electron chi connectivity index (χ2n) is 3.63. The van der Waals surface area contributed by atoms with Crippen molar-refractivity contribution >= 4 is 15.8 Å². The van der Waals surface area contributed by atoms with Crippen LogP contribution in [-0.4, -0.2) is 36.6 Å². The fraction of sp³-hybridized carbons (Fsp3) is 0.400. The molecule has 1 aliphatic rings. The molecular weight excluding hydrogens is 228 g/mol. The minimum absolute atomic E-state index is 0.123. The second-order valence-corrected chi connectivity index (χ2v) is 5.57. The maximum absolute atomic E-state index is 12.1. The number of hydrogen-bond donors (Lipinski definition) is 0. The van der Waals surface area contributed by atoms with Gasteiger partial charge < -0.3 is 0 Å². The van der Waals surface area contributed by atoms with Crippen LogP contribution in [0.3, 0.4) is 0 Å². The third kappa shape index (κ3) is 2.12. The number of hydrogen-bond acceptors (Lipinski definition) is 4. The Balaban J connectivity index is 2.23. The van der Waals surface area contributed by atoms with Crippen LogP contribution in [0.25, 0.3) is 0 Å². The highest BCUT2D eigenvalue weighted by Crippen LogP contribution is 2.17. The van der Waals surface area contributed by atoms with E-state index in [9.17, 15) is 13.2 Å². The number of aromatic nitrogens is 1. The zero-order chi connectivity index (χ0) is 11.6. The quantitative estimate of drug-likeness (QED) is 0.752. The van der Waals surface area contributed by atoms with E-state index in [-0.39, 0.29) is 23.8 Å². The summed E-state index contributed by atoms with van der Waals surface area (Å²) >= 11 is 0. The van der Waals surface area contributed by atoms with E-state index < -0.39 is 10.0 Å². The molecule has 86 valence electrons. The Morgan fingerprint density at radius 3 is 2.50 bits per heavy atom. The minimum atomic E-state index is -3.47. The molecule has 2 rings (SSSR count). The van der Waals surface area contributed by atoms with Gasteiger partial charge in [0.15, 0.2) is 0 Å². The molecule has 0 N–H and O–H groups in total. The van der Waals surface area contributed by atoms with Gasteiger partial charge >= 0.3 is 0 Å². The highest BCUT2D eigenvalue weighted by molar-refractivity contribution is 7.89. The lowest BCUT2D eigenvalue weighted by molar-refractivity contribution is -0.120. The molecule has 0 bridgehead atoms. The molecule has 0 spiro atoms. The van der Waals surface area contributed by atoms with Gasteiger partial charge in [0.05, 0.1) is 0 Å². The largest absolute Gasteiger partial charge is 0.300 e. The van der Waals surface area contributed by atoms with E-state index in [0.29, 0.717) is 12.8 Å². The van der Waals surface area contributed by atoms with Crippen LogP contribution in [-0.2, 0) is 14.8 Å². The Bertz CT molecular complexity index is 474. The summed E-state index contributed by atoms with van der Waals surface area (Å²) in [4.78, 5) is 15.0. The van der Waals surface area contributed by atoms with Gasteiger partial charge in [0.25, 0.3) is 0 Å². The van der Waals surface area contributed by atoms with Crippen LogP contribution in [0.2, 0.25) is 0 Å². The minimum Gasteiger partial charge on any atom is -0.300 e. The molecule has 1 aromatic heterocycles. The van der Waals surface area contributed by atoms with Crippen LogP contribution in [0.1, 0.15) is 12.8 Å². The Morgan fingerprint density at radius 2 is 1.94 bits per heavy atom. The molecule has 0 unspecified atom stereocenters. The lowest BCUT2D eigenvalue weighted by Crippen LogP contribution is -2.38. The lowest BCUT2D eigenvalue weighted by atomic mass is 10.1. The molecule has 16 heavy (non-hydrogen) atoms. The van der Waals surface area contributed by atoms with Crippen molar-refractivity contribution in [2.45, 2.75) is 17.7 Å². The molecule has 1 aromatic rings. The average molecular weight is 240 g/mol. The van der Waals surface area contributed by atoms with Gasteiger partial charge in [-0.15, -0.1) is 0 Å². The van der Waals surface area contributed by atoms with Crippen LogP contribution < -0.4 is 0 Å². The van der Waals surface area contributed by atoms with Crippen molar-refractivity contribution in [3.8, 4) is 0 Å². The van der Waals surface area contributed by atoms with Gasteiger partial charge in [-0.05, 0) is 12.1 Å². The Labute approximate surface area is 94.2 Å². The fourth-order valence-electron chi connectivity index (χ4n) is 1.62. The number of pyridine rings is 1. The number of nitrogens with zero attached hydrogens (tertiary/aromatic N) is 2. The molecule has 0 radical (unpaired) electrons. The molecule has 1 aliphatic heterocycles. The van der Waals surface area contributed by atoms with Crippen LogP contribution in [0, 0.1) is 0 Å². The van der Waals surface area contributed by atoms with E-state index >= 15 is 0 Å². The van der Waals surface area contributed by atoms with E-state index in [1.165, 1.54) is 22.8 Å². The summed E-state index contributed by atoms with van der Waals surface area (Å²) < 4.78 is 25.5. The number of carbonyl (C=O) groups excluding carboxylic acids is 1. The first kappa shape index (κ1) is 11.2. The molecule has 0 aromatic carbocycles. The molecule has 0 saturated carbocycles. The van der Waals surface area contributed by atoms with Crippen LogP contribution >= 0.6 is 0 Å². The van der Waals surface area contributed by atoms with E-state index in [0.717, 1.165) is 0 Å². The zero-order valence-electron chi connectivity index (χ0n) is 8.67. The smallest absolute Gasteiger partial charge is 0.244 e. The first-order valence-electron chi connectivity index (χ1n) is 5.02. The van der Waals surface area contributed by atoms with E-state index in [4.69, 9.17) is 0 Å². The first-order valence-corrected chi connectivity index (χ1v) is 6.46. The van der Waals surface area contributed by atoms with Crippen molar-refractivity contribution in [3.63, 3.8) is 0 Å². The summed E-state index contributed by atoms with van der Waals surface area (Å²) in [5.41, 5.74) is 0. The maximum Gasteiger partial charge on any atom is 0.244 e. The summed E-state index contributed by atoms with van der Waals surface area (Å²) in [6.45, 7) is 0.548. The van der Waals surface area contributed by atoms with Crippen molar-refractivity contribution in [3.05, 3.63) is 24.5 Å². The molecule has 0 amide bonds. The summed E-state index contributed by atoms with van der Waals surface area (Å²) in [7, 11) is -3.47.